The highest BCUT2D eigenvalue weighted by molar-refractivity contribution is 6.30. The number of nitrogens with zero attached hydrogens (tertiary/aromatic N) is 3. The maximum atomic E-state index is 13.6. The zero-order valence-corrected chi connectivity index (χ0v) is 16.6. The molecule has 0 saturated carbocycles. The number of anilines is 1. The van der Waals surface area contributed by atoms with Crippen LogP contribution in [0.1, 0.15) is 18.5 Å². The third-order valence-corrected chi connectivity index (χ3v) is 5.59. The van der Waals surface area contributed by atoms with Gasteiger partial charge in [-0.2, -0.15) is 0 Å². The molecular weight excluding hydrogens is 417 g/mol. The predicted molar refractivity (Wildman–Crippen MR) is 104 cm³/mol. The Labute approximate surface area is 176 Å². The fourth-order valence-corrected chi connectivity index (χ4v) is 4.00. The van der Waals surface area contributed by atoms with E-state index in [0.717, 1.165) is 6.39 Å². The predicted octanol–water partition coefficient (Wildman–Crippen LogP) is 1.63. The van der Waals surface area contributed by atoms with Crippen molar-refractivity contribution in [3.63, 3.8) is 0 Å². The minimum atomic E-state index is -1.43. The molecule has 2 saturated heterocycles. The summed E-state index contributed by atoms with van der Waals surface area (Å²) < 4.78 is 18.5. The van der Waals surface area contributed by atoms with E-state index in [9.17, 15) is 18.8 Å². The molecule has 2 N–H and O–H groups in total. The number of benzene rings is 1. The van der Waals surface area contributed by atoms with Gasteiger partial charge in [-0.15, -0.1) is 0 Å². The summed E-state index contributed by atoms with van der Waals surface area (Å²) in [5, 5.41) is 5.07. The van der Waals surface area contributed by atoms with Gasteiger partial charge in [0.25, 0.3) is 5.91 Å². The second kappa shape index (κ2) is 7.94. The Kier molecular flexibility index (Phi) is 5.33. The number of halogens is 2. The maximum Gasteiger partial charge on any atom is 0.322 e. The van der Waals surface area contributed by atoms with Gasteiger partial charge in [0.1, 0.15) is 17.8 Å². The van der Waals surface area contributed by atoms with Gasteiger partial charge in [0, 0.05) is 43.3 Å². The molecule has 2 fully saturated rings. The van der Waals surface area contributed by atoms with E-state index in [0.29, 0.717) is 36.9 Å². The number of amides is 4. The van der Waals surface area contributed by atoms with Crippen LogP contribution in [0.5, 0.6) is 0 Å². The van der Waals surface area contributed by atoms with Crippen molar-refractivity contribution in [2.75, 3.05) is 31.1 Å². The van der Waals surface area contributed by atoms with Crippen LogP contribution in [0, 0.1) is 5.82 Å². The highest BCUT2D eigenvalue weighted by Crippen LogP contribution is 2.29. The zero-order chi connectivity index (χ0) is 21.3. The van der Waals surface area contributed by atoms with Gasteiger partial charge in [-0.25, -0.2) is 14.2 Å². The normalized spacial score (nSPS) is 21.5. The number of hydrogen-bond acceptors (Lipinski definition) is 6. The summed E-state index contributed by atoms with van der Waals surface area (Å²) in [5.41, 5.74) is -0.520. The Balaban J connectivity index is 1.38. The van der Waals surface area contributed by atoms with Crippen molar-refractivity contribution in [2.45, 2.75) is 18.4 Å². The number of urea groups is 1. The van der Waals surface area contributed by atoms with Crippen LogP contribution in [0.15, 0.2) is 35.3 Å². The highest BCUT2D eigenvalue weighted by atomic mass is 35.5. The number of rotatable bonds is 5. The van der Waals surface area contributed by atoms with E-state index in [1.54, 1.807) is 11.0 Å². The minimum absolute atomic E-state index is 0.0341. The molecule has 2 aromatic rings. The molecular formula is C19H19ClFN5O4. The highest BCUT2D eigenvalue weighted by Gasteiger charge is 2.49. The fourth-order valence-electron chi connectivity index (χ4n) is 3.79. The summed E-state index contributed by atoms with van der Waals surface area (Å²) in [5.74, 6) is -1.13. The molecule has 9 nitrogen and oxygen atoms in total. The third-order valence-electron chi connectivity index (χ3n) is 5.37. The molecule has 4 rings (SSSR count). The van der Waals surface area contributed by atoms with E-state index >= 15 is 0 Å². The summed E-state index contributed by atoms with van der Waals surface area (Å²) in [7, 11) is 0. The lowest BCUT2D eigenvalue weighted by Crippen LogP contribution is -2.50. The third kappa shape index (κ3) is 3.82. The second-order valence-electron chi connectivity index (χ2n) is 7.18. The average Bonchev–Trinajstić information content (AvgIpc) is 3.34. The van der Waals surface area contributed by atoms with Gasteiger partial charge < -0.3 is 19.5 Å². The second-order valence-corrected chi connectivity index (χ2v) is 7.62. The van der Waals surface area contributed by atoms with E-state index in [4.69, 9.17) is 16.0 Å². The first-order valence-corrected chi connectivity index (χ1v) is 9.76. The first-order valence-electron chi connectivity index (χ1n) is 9.38. The maximum absolute atomic E-state index is 13.6. The number of hydrogen-bond donors (Lipinski definition) is 2. The van der Waals surface area contributed by atoms with Crippen LogP contribution in [-0.2, 0) is 15.1 Å². The molecule has 1 unspecified atom stereocenters. The summed E-state index contributed by atoms with van der Waals surface area (Å²) in [4.78, 5) is 44.5. The minimum Gasteiger partial charge on any atom is -0.451 e. The average molecular weight is 436 g/mol. The van der Waals surface area contributed by atoms with Crippen molar-refractivity contribution in [1.29, 1.82) is 0 Å². The molecule has 2 aliphatic heterocycles. The number of nitrogens with one attached hydrogen (secondary N) is 2. The number of imide groups is 1. The van der Waals surface area contributed by atoms with Crippen LogP contribution in [0.2, 0.25) is 5.02 Å². The van der Waals surface area contributed by atoms with Gasteiger partial charge in [0.05, 0.1) is 0 Å². The SMILES string of the molecule is O=C1NC(=O)C(CCC(=O)N2CCN(c3cc(F)cc(Cl)c3)CC2)(c2cocn2)N1. The lowest BCUT2D eigenvalue weighted by Gasteiger charge is -2.36. The number of aromatic nitrogens is 1. The van der Waals surface area contributed by atoms with Gasteiger partial charge in [-0.1, -0.05) is 11.6 Å². The van der Waals surface area contributed by atoms with Crippen molar-refractivity contribution in [1.82, 2.24) is 20.5 Å². The van der Waals surface area contributed by atoms with Crippen LogP contribution in [0.25, 0.3) is 0 Å². The van der Waals surface area contributed by atoms with Gasteiger partial charge >= 0.3 is 6.03 Å². The first-order chi connectivity index (χ1) is 14.4. The molecule has 11 heteroatoms. The number of oxazole rings is 1. The molecule has 158 valence electrons. The van der Waals surface area contributed by atoms with E-state index in [-0.39, 0.29) is 24.4 Å². The number of carbonyl (C=O) groups is 3. The molecule has 0 bridgehead atoms. The Bertz CT molecular complexity index is 957. The van der Waals surface area contributed by atoms with E-state index in [2.05, 4.69) is 15.6 Å². The van der Waals surface area contributed by atoms with E-state index in [1.807, 2.05) is 4.90 Å². The molecule has 2 aliphatic rings. The smallest absolute Gasteiger partial charge is 0.322 e. The van der Waals surface area contributed by atoms with Crippen molar-refractivity contribution in [3.05, 3.63) is 47.4 Å². The molecule has 0 spiro atoms. The molecule has 1 aromatic carbocycles. The zero-order valence-electron chi connectivity index (χ0n) is 15.9. The fraction of sp³-hybridized carbons (Fsp3) is 0.368. The standard InChI is InChI=1S/C19H19ClFN5O4/c20-12-7-13(21)9-14(8-12)25-3-5-26(6-4-25)16(27)1-2-19(15-10-30-11-22-15)17(28)23-18(29)24-19/h7-11H,1-6H2,(H2,23,24,28,29). The van der Waals surface area contributed by atoms with Crippen LogP contribution in [-0.4, -0.2) is 53.9 Å². The molecule has 30 heavy (non-hydrogen) atoms. The largest absolute Gasteiger partial charge is 0.451 e. The van der Waals surface area contributed by atoms with Crippen molar-refractivity contribution >= 4 is 35.1 Å². The molecule has 1 aromatic heterocycles. The van der Waals surface area contributed by atoms with E-state index < -0.39 is 23.3 Å². The quantitative estimate of drug-likeness (QED) is 0.691. The summed E-state index contributed by atoms with van der Waals surface area (Å²) >= 11 is 5.92. The Morgan fingerprint density at radius 2 is 2.00 bits per heavy atom. The van der Waals surface area contributed by atoms with Gasteiger partial charge in [0.2, 0.25) is 5.91 Å². The molecule has 0 aliphatic carbocycles. The number of piperazine rings is 1. The Hall–Kier alpha value is -3.14. The molecule has 3 heterocycles. The van der Waals surface area contributed by atoms with Crippen molar-refractivity contribution < 1.29 is 23.2 Å². The van der Waals surface area contributed by atoms with Crippen LogP contribution in [0.4, 0.5) is 14.9 Å². The van der Waals surface area contributed by atoms with Crippen LogP contribution < -0.4 is 15.5 Å². The Morgan fingerprint density at radius 1 is 1.23 bits per heavy atom. The van der Waals surface area contributed by atoms with Crippen molar-refractivity contribution in [2.24, 2.45) is 0 Å². The Morgan fingerprint density at radius 3 is 2.60 bits per heavy atom. The summed E-state index contributed by atoms with van der Waals surface area (Å²) in [6.45, 7) is 1.94. The summed E-state index contributed by atoms with van der Waals surface area (Å²) in [6.07, 6.45) is 2.52. The van der Waals surface area contributed by atoms with Crippen molar-refractivity contribution in [3.8, 4) is 0 Å². The van der Waals surface area contributed by atoms with Crippen LogP contribution >= 0.6 is 11.6 Å². The van der Waals surface area contributed by atoms with Gasteiger partial charge in [-0.3, -0.25) is 14.9 Å². The lowest BCUT2D eigenvalue weighted by atomic mass is 9.90. The molecule has 4 amide bonds. The van der Waals surface area contributed by atoms with Crippen LogP contribution in [0.3, 0.4) is 0 Å². The monoisotopic (exact) mass is 435 g/mol. The van der Waals surface area contributed by atoms with Gasteiger partial charge in [-0.05, 0) is 24.6 Å². The molecule has 1 atom stereocenters. The summed E-state index contributed by atoms with van der Waals surface area (Å²) in [6, 6.07) is 3.70. The van der Waals surface area contributed by atoms with E-state index in [1.165, 1.54) is 18.4 Å². The number of carbonyl (C=O) groups excluding carboxylic acids is 3. The van der Waals surface area contributed by atoms with Gasteiger partial charge in [0.15, 0.2) is 11.9 Å². The topological polar surface area (TPSA) is 108 Å². The molecule has 0 radical (unpaired) electrons. The lowest BCUT2D eigenvalue weighted by molar-refractivity contribution is -0.132. The first kappa shape index (κ1) is 20.1.